The molecular formula is C22H28O2. The number of hydrogen-bond donors (Lipinski definition) is 1. The van der Waals surface area contributed by atoms with Crippen LogP contribution in [0, 0.1) is 5.92 Å². The first-order valence-corrected chi connectivity index (χ1v) is 8.92. The van der Waals surface area contributed by atoms with E-state index in [4.69, 9.17) is 0 Å². The molecule has 2 rings (SSSR count). The van der Waals surface area contributed by atoms with Crippen molar-refractivity contribution in [1.29, 1.82) is 0 Å². The lowest BCUT2D eigenvalue weighted by atomic mass is 9.87. The molecule has 24 heavy (non-hydrogen) atoms. The van der Waals surface area contributed by atoms with Crippen LogP contribution < -0.4 is 0 Å². The van der Waals surface area contributed by atoms with E-state index in [1.807, 2.05) is 30.3 Å². The normalized spacial score (nSPS) is 12.4. The highest BCUT2D eigenvalue weighted by atomic mass is 16.3. The van der Waals surface area contributed by atoms with E-state index < -0.39 is 6.10 Å². The molecule has 0 aliphatic heterocycles. The van der Waals surface area contributed by atoms with Crippen LogP contribution in [0.3, 0.4) is 0 Å². The van der Waals surface area contributed by atoms with Crippen molar-refractivity contribution >= 4 is 5.78 Å². The predicted octanol–water partition coefficient (Wildman–Crippen LogP) is 5.14. The number of carbonyl (C=O) groups is 1. The van der Waals surface area contributed by atoms with E-state index in [1.165, 1.54) is 5.56 Å². The van der Waals surface area contributed by atoms with Crippen molar-refractivity contribution < 1.29 is 9.90 Å². The molecule has 0 aliphatic carbocycles. The lowest BCUT2D eigenvalue weighted by Gasteiger charge is -2.18. The molecule has 1 atom stereocenters. The molecule has 0 heterocycles. The quantitative estimate of drug-likeness (QED) is 0.682. The SMILES string of the molecule is CCCCc1cccc(C(=O)C(O)c2ccccc2)c1CC(C)C. The molecule has 1 unspecified atom stereocenters. The summed E-state index contributed by atoms with van der Waals surface area (Å²) < 4.78 is 0. The molecule has 0 spiro atoms. The van der Waals surface area contributed by atoms with Crippen molar-refractivity contribution in [3.8, 4) is 0 Å². The molecule has 0 saturated carbocycles. The molecule has 0 radical (unpaired) electrons. The minimum atomic E-state index is -1.10. The highest BCUT2D eigenvalue weighted by molar-refractivity contribution is 6.01. The zero-order chi connectivity index (χ0) is 17.5. The van der Waals surface area contributed by atoms with Gasteiger partial charge in [-0.05, 0) is 41.9 Å². The molecule has 2 nitrogen and oxygen atoms in total. The van der Waals surface area contributed by atoms with E-state index in [0.29, 0.717) is 17.0 Å². The predicted molar refractivity (Wildman–Crippen MR) is 99.3 cm³/mol. The standard InChI is InChI=1S/C22H28O2/c1-4-5-10-17-13-9-14-19(20(17)15-16(2)3)22(24)21(23)18-11-7-6-8-12-18/h6-9,11-14,16,21,23H,4-5,10,15H2,1-3H3. The molecule has 0 fully saturated rings. The maximum Gasteiger partial charge on any atom is 0.196 e. The van der Waals surface area contributed by atoms with Crippen LogP contribution in [0.4, 0.5) is 0 Å². The Balaban J connectivity index is 2.38. The monoisotopic (exact) mass is 324 g/mol. The van der Waals surface area contributed by atoms with Crippen LogP contribution in [0.2, 0.25) is 0 Å². The van der Waals surface area contributed by atoms with Gasteiger partial charge in [0.05, 0.1) is 0 Å². The van der Waals surface area contributed by atoms with Gasteiger partial charge in [-0.2, -0.15) is 0 Å². The smallest absolute Gasteiger partial charge is 0.196 e. The van der Waals surface area contributed by atoms with Gasteiger partial charge in [0.15, 0.2) is 5.78 Å². The van der Waals surface area contributed by atoms with Crippen molar-refractivity contribution in [3.05, 3.63) is 70.8 Å². The van der Waals surface area contributed by atoms with Crippen LogP contribution in [0.5, 0.6) is 0 Å². The summed E-state index contributed by atoms with van der Waals surface area (Å²) in [6.45, 7) is 6.51. The molecule has 2 heteroatoms. The highest BCUT2D eigenvalue weighted by Crippen LogP contribution is 2.26. The molecule has 1 N–H and O–H groups in total. The van der Waals surface area contributed by atoms with Crippen LogP contribution >= 0.6 is 0 Å². The Bertz CT molecular complexity index is 659. The second kappa shape index (κ2) is 8.79. The summed E-state index contributed by atoms with van der Waals surface area (Å²) in [7, 11) is 0. The van der Waals surface area contributed by atoms with Gasteiger partial charge < -0.3 is 5.11 Å². The first-order chi connectivity index (χ1) is 11.5. The Morgan fingerprint density at radius 2 is 1.75 bits per heavy atom. The number of aliphatic hydroxyl groups is 1. The van der Waals surface area contributed by atoms with Crippen molar-refractivity contribution in [2.24, 2.45) is 5.92 Å². The third kappa shape index (κ3) is 4.55. The minimum Gasteiger partial charge on any atom is -0.380 e. The maximum atomic E-state index is 12.9. The van der Waals surface area contributed by atoms with Crippen molar-refractivity contribution in [1.82, 2.24) is 0 Å². The molecular weight excluding hydrogens is 296 g/mol. The number of unbranched alkanes of at least 4 members (excludes halogenated alkanes) is 1. The van der Waals surface area contributed by atoms with E-state index in [2.05, 4.69) is 26.8 Å². The number of aliphatic hydroxyl groups excluding tert-OH is 1. The zero-order valence-corrected chi connectivity index (χ0v) is 15.0. The van der Waals surface area contributed by atoms with E-state index in [9.17, 15) is 9.90 Å². The fourth-order valence-corrected chi connectivity index (χ4v) is 3.05. The Hall–Kier alpha value is -1.93. The molecule has 0 amide bonds. The molecule has 0 saturated heterocycles. The number of benzene rings is 2. The van der Waals surface area contributed by atoms with E-state index in [-0.39, 0.29) is 5.78 Å². The lowest BCUT2D eigenvalue weighted by molar-refractivity contribution is 0.0746. The molecule has 2 aromatic rings. The van der Waals surface area contributed by atoms with Gasteiger partial charge in [0.1, 0.15) is 6.10 Å². The first kappa shape index (κ1) is 18.4. The number of hydrogen-bond acceptors (Lipinski definition) is 2. The Morgan fingerprint density at radius 3 is 2.38 bits per heavy atom. The van der Waals surface area contributed by atoms with E-state index in [1.54, 1.807) is 12.1 Å². The van der Waals surface area contributed by atoms with Crippen molar-refractivity contribution in [3.63, 3.8) is 0 Å². The third-order valence-corrected chi connectivity index (χ3v) is 4.31. The number of ketones is 1. The minimum absolute atomic E-state index is 0.199. The summed E-state index contributed by atoms with van der Waals surface area (Å²) >= 11 is 0. The van der Waals surface area contributed by atoms with Crippen LogP contribution in [-0.4, -0.2) is 10.9 Å². The maximum absolute atomic E-state index is 12.9. The Morgan fingerprint density at radius 1 is 1.04 bits per heavy atom. The van der Waals surface area contributed by atoms with Crippen molar-refractivity contribution in [2.75, 3.05) is 0 Å². The Labute approximate surface area is 145 Å². The summed E-state index contributed by atoms with van der Waals surface area (Å²) in [5.41, 5.74) is 3.68. The molecule has 0 aromatic heterocycles. The molecule has 0 bridgehead atoms. The summed E-state index contributed by atoms with van der Waals surface area (Å²) in [6.07, 6.45) is 3.00. The number of aryl methyl sites for hydroxylation is 1. The molecule has 0 aliphatic rings. The fourth-order valence-electron chi connectivity index (χ4n) is 3.05. The number of rotatable bonds is 8. The first-order valence-electron chi connectivity index (χ1n) is 8.92. The summed E-state index contributed by atoms with van der Waals surface area (Å²) in [5, 5.41) is 10.5. The van der Waals surface area contributed by atoms with Gasteiger partial charge in [-0.25, -0.2) is 0 Å². The topological polar surface area (TPSA) is 37.3 Å². The molecule has 2 aromatic carbocycles. The van der Waals surface area contributed by atoms with Gasteiger partial charge in [-0.3, -0.25) is 4.79 Å². The second-order valence-electron chi connectivity index (χ2n) is 6.82. The van der Waals surface area contributed by atoms with E-state index in [0.717, 1.165) is 31.2 Å². The second-order valence-corrected chi connectivity index (χ2v) is 6.82. The average Bonchev–Trinajstić information content (AvgIpc) is 2.59. The average molecular weight is 324 g/mol. The van der Waals surface area contributed by atoms with Gasteiger partial charge in [0.25, 0.3) is 0 Å². The zero-order valence-electron chi connectivity index (χ0n) is 15.0. The largest absolute Gasteiger partial charge is 0.380 e. The lowest BCUT2D eigenvalue weighted by Crippen LogP contribution is -2.16. The molecule has 128 valence electrons. The number of Topliss-reactive ketones (excluding diaryl/α,β-unsaturated/α-hetero) is 1. The summed E-state index contributed by atoms with van der Waals surface area (Å²) in [4.78, 5) is 12.9. The number of carbonyl (C=O) groups excluding carboxylic acids is 1. The van der Waals surface area contributed by atoms with Gasteiger partial charge in [-0.1, -0.05) is 75.7 Å². The van der Waals surface area contributed by atoms with E-state index >= 15 is 0 Å². The summed E-state index contributed by atoms with van der Waals surface area (Å²) in [6, 6.07) is 15.1. The fraction of sp³-hybridized carbons (Fsp3) is 0.409. The van der Waals surface area contributed by atoms with Crippen molar-refractivity contribution in [2.45, 2.75) is 52.6 Å². The third-order valence-electron chi connectivity index (χ3n) is 4.31. The van der Waals surface area contributed by atoms with Gasteiger partial charge >= 0.3 is 0 Å². The van der Waals surface area contributed by atoms with Gasteiger partial charge in [0.2, 0.25) is 0 Å². The van der Waals surface area contributed by atoms with Crippen LogP contribution in [0.1, 0.15) is 66.8 Å². The van der Waals surface area contributed by atoms with Crippen LogP contribution in [0.25, 0.3) is 0 Å². The van der Waals surface area contributed by atoms with Gasteiger partial charge in [0, 0.05) is 5.56 Å². The van der Waals surface area contributed by atoms with Gasteiger partial charge in [-0.15, -0.1) is 0 Å². The highest BCUT2D eigenvalue weighted by Gasteiger charge is 2.23. The van der Waals surface area contributed by atoms with Crippen LogP contribution in [-0.2, 0) is 12.8 Å². The van der Waals surface area contributed by atoms with Crippen LogP contribution in [0.15, 0.2) is 48.5 Å². The Kier molecular flexibility index (Phi) is 6.74. The summed E-state index contributed by atoms with van der Waals surface area (Å²) in [5.74, 6) is 0.267.